The lowest BCUT2D eigenvalue weighted by atomic mass is 10.0. The van der Waals surface area contributed by atoms with E-state index in [0.717, 1.165) is 60.0 Å². The van der Waals surface area contributed by atoms with Crippen molar-refractivity contribution >= 4 is 34.5 Å². The topological polar surface area (TPSA) is 50.3 Å². The summed E-state index contributed by atoms with van der Waals surface area (Å²) in [6, 6.07) is 25.0. The van der Waals surface area contributed by atoms with E-state index < -0.39 is 0 Å². The van der Waals surface area contributed by atoms with Crippen LogP contribution in [-0.2, 0) is 4.74 Å². The van der Waals surface area contributed by atoms with E-state index in [1.807, 2.05) is 30.5 Å². The van der Waals surface area contributed by atoms with Crippen molar-refractivity contribution in [3.8, 4) is 11.1 Å². The van der Waals surface area contributed by atoms with Gasteiger partial charge in [0, 0.05) is 23.7 Å². The Morgan fingerprint density at radius 2 is 1.60 bits per heavy atom. The highest BCUT2D eigenvalue weighted by molar-refractivity contribution is 8.00. The first-order valence-electron chi connectivity index (χ1n) is 10.0. The number of morpholine rings is 1. The summed E-state index contributed by atoms with van der Waals surface area (Å²) in [4.78, 5) is 12.9. The normalized spacial score (nSPS) is 14.1. The fraction of sp³-hybridized carbons (Fsp3) is 0.167. The molecule has 0 radical (unpaired) electrons. The molecule has 1 aliphatic rings. The molecule has 0 spiro atoms. The molecule has 0 amide bonds. The minimum atomic E-state index is 0.739. The predicted octanol–water partition coefficient (Wildman–Crippen LogP) is 5.25. The molecule has 2 heterocycles. The van der Waals surface area contributed by atoms with Crippen molar-refractivity contribution in [2.75, 3.05) is 35.9 Å². The van der Waals surface area contributed by atoms with Crippen LogP contribution < -0.4 is 9.62 Å². The predicted molar refractivity (Wildman–Crippen MR) is 124 cm³/mol. The minimum Gasteiger partial charge on any atom is -0.378 e. The van der Waals surface area contributed by atoms with Gasteiger partial charge in [-0.05, 0) is 59.5 Å². The summed E-state index contributed by atoms with van der Waals surface area (Å²) in [5.74, 6) is 0.917. The summed E-state index contributed by atoms with van der Waals surface area (Å²) < 4.78 is 8.83. The molecule has 150 valence electrons. The van der Waals surface area contributed by atoms with Gasteiger partial charge in [0.15, 0.2) is 0 Å². The van der Waals surface area contributed by atoms with E-state index in [4.69, 9.17) is 9.72 Å². The quantitative estimate of drug-likeness (QED) is 0.450. The zero-order valence-electron chi connectivity index (χ0n) is 16.5. The molecule has 3 aromatic carbocycles. The molecular weight excluding hydrogens is 392 g/mol. The molecule has 0 unspecified atom stereocenters. The van der Waals surface area contributed by atoms with Gasteiger partial charge in [-0.15, -0.1) is 0 Å². The van der Waals surface area contributed by atoms with E-state index >= 15 is 0 Å². The van der Waals surface area contributed by atoms with Crippen molar-refractivity contribution in [3.05, 3.63) is 79.0 Å². The Morgan fingerprint density at radius 1 is 0.833 bits per heavy atom. The number of nitrogens with zero attached hydrogens (tertiary/aromatic N) is 3. The van der Waals surface area contributed by atoms with Crippen LogP contribution in [0.25, 0.3) is 22.2 Å². The number of fused-ring (bicyclic) bond motifs is 1. The Kier molecular flexibility index (Phi) is 5.50. The molecule has 5 rings (SSSR count). The standard InChI is InChI=1S/C24H22N4OS/c1-2-4-21(5-3-1)30-27-20-9-6-18(7-10-20)19-8-11-22-23(16-19)26-24(17-25-22)28-12-14-29-15-13-28/h1-11,16-17,27H,12-15H2. The Hall–Kier alpha value is -3.09. The smallest absolute Gasteiger partial charge is 0.148 e. The van der Waals surface area contributed by atoms with Crippen LogP contribution in [0.2, 0.25) is 0 Å². The molecule has 1 fully saturated rings. The fourth-order valence-electron chi connectivity index (χ4n) is 3.46. The maximum Gasteiger partial charge on any atom is 0.148 e. The molecule has 0 aliphatic carbocycles. The van der Waals surface area contributed by atoms with Crippen molar-refractivity contribution in [1.29, 1.82) is 0 Å². The number of ether oxygens (including phenoxy) is 1. The van der Waals surface area contributed by atoms with E-state index in [-0.39, 0.29) is 0 Å². The van der Waals surface area contributed by atoms with Crippen molar-refractivity contribution < 1.29 is 4.74 Å². The van der Waals surface area contributed by atoms with Crippen LogP contribution in [0.3, 0.4) is 0 Å². The highest BCUT2D eigenvalue weighted by atomic mass is 32.2. The highest BCUT2D eigenvalue weighted by Crippen LogP contribution is 2.27. The molecule has 0 bridgehead atoms. The van der Waals surface area contributed by atoms with Crippen LogP contribution >= 0.6 is 11.9 Å². The van der Waals surface area contributed by atoms with Crippen LogP contribution in [-0.4, -0.2) is 36.3 Å². The second kappa shape index (κ2) is 8.73. The van der Waals surface area contributed by atoms with Gasteiger partial charge in [-0.3, -0.25) is 4.98 Å². The molecule has 6 heteroatoms. The molecular formula is C24H22N4OS. The van der Waals surface area contributed by atoms with Crippen molar-refractivity contribution in [1.82, 2.24) is 9.97 Å². The molecule has 1 saturated heterocycles. The van der Waals surface area contributed by atoms with Gasteiger partial charge in [0.25, 0.3) is 0 Å². The SMILES string of the molecule is c1ccc(SNc2ccc(-c3ccc4ncc(N5CCOCC5)nc4c3)cc2)cc1. The fourth-order valence-corrected chi connectivity index (χ4v) is 4.13. The Balaban J connectivity index is 1.34. The second-order valence-corrected chi connectivity index (χ2v) is 8.01. The molecule has 4 aromatic rings. The second-order valence-electron chi connectivity index (χ2n) is 7.13. The van der Waals surface area contributed by atoms with Gasteiger partial charge >= 0.3 is 0 Å². The summed E-state index contributed by atoms with van der Waals surface area (Å²) in [6.07, 6.45) is 1.86. The van der Waals surface area contributed by atoms with Gasteiger partial charge in [0.2, 0.25) is 0 Å². The maximum atomic E-state index is 5.44. The van der Waals surface area contributed by atoms with Crippen LogP contribution in [0.5, 0.6) is 0 Å². The summed E-state index contributed by atoms with van der Waals surface area (Å²) in [5, 5.41) is 0. The van der Waals surface area contributed by atoms with Gasteiger partial charge in [-0.25, -0.2) is 4.98 Å². The first kappa shape index (κ1) is 18.9. The third-order valence-corrected chi connectivity index (χ3v) is 5.96. The summed E-state index contributed by atoms with van der Waals surface area (Å²) in [7, 11) is 0. The summed E-state index contributed by atoms with van der Waals surface area (Å²) >= 11 is 1.61. The third-order valence-electron chi connectivity index (χ3n) is 5.11. The summed E-state index contributed by atoms with van der Waals surface area (Å²) in [5.41, 5.74) is 5.19. The van der Waals surface area contributed by atoms with Crippen molar-refractivity contribution in [2.24, 2.45) is 0 Å². The van der Waals surface area contributed by atoms with Gasteiger partial charge in [-0.1, -0.05) is 36.4 Å². The maximum absolute atomic E-state index is 5.44. The van der Waals surface area contributed by atoms with E-state index in [1.165, 1.54) is 4.90 Å². The zero-order chi connectivity index (χ0) is 20.2. The number of hydrogen-bond donors (Lipinski definition) is 1. The molecule has 0 atom stereocenters. The Labute approximate surface area is 180 Å². The number of anilines is 2. The van der Waals surface area contributed by atoms with Gasteiger partial charge in [0.05, 0.1) is 30.4 Å². The largest absolute Gasteiger partial charge is 0.378 e. The van der Waals surface area contributed by atoms with Gasteiger partial charge in [0.1, 0.15) is 5.82 Å². The minimum absolute atomic E-state index is 0.739. The van der Waals surface area contributed by atoms with E-state index in [1.54, 1.807) is 11.9 Å². The number of benzene rings is 3. The molecule has 1 aromatic heterocycles. The average Bonchev–Trinajstić information content (AvgIpc) is 2.83. The first-order valence-corrected chi connectivity index (χ1v) is 10.8. The highest BCUT2D eigenvalue weighted by Gasteiger charge is 2.13. The monoisotopic (exact) mass is 414 g/mol. The summed E-state index contributed by atoms with van der Waals surface area (Å²) in [6.45, 7) is 3.19. The van der Waals surface area contributed by atoms with Crippen LogP contribution in [0.15, 0.2) is 83.9 Å². The lowest BCUT2D eigenvalue weighted by molar-refractivity contribution is 0.122. The van der Waals surface area contributed by atoms with Gasteiger partial charge < -0.3 is 14.4 Å². The number of aromatic nitrogens is 2. The zero-order valence-corrected chi connectivity index (χ0v) is 17.3. The molecule has 5 nitrogen and oxygen atoms in total. The lowest BCUT2D eigenvalue weighted by Gasteiger charge is -2.27. The molecule has 0 saturated carbocycles. The van der Waals surface area contributed by atoms with Crippen molar-refractivity contribution in [3.63, 3.8) is 0 Å². The van der Waals surface area contributed by atoms with E-state index in [9.17, 15) is 0 Å². The number of rotatable bonds is 5. The van der Waals surface area contributed by atoms with Crippen LogP contribution in [0.4, 0.5) is 11.5 Å². The van der Waals surface area contributed by atoms with Crippen LogP contribution in [0.1, 0.15) is 0 Å². The van der Waals surface area contributed by atoms with Crippen LogP contribution in [0, 0.1) is 0 Å². The third kappa shape index (κ3) is 4.25. The van der Waals surface area contributed by atoms with Crippen molar-refractivity contribution in [2.45, 2.75) is 4.90 Å². The molecule has 30 heavy (non-hydrogen) atoms. The molecule has 1 N–H and O–H groups in total. The Morgan fingerprint density at radius 3 is 2.40 bits per heavy atom. The van der Waals surface area contributed by atoms with E-state index in [2.05, 4.69) is 63.1 Å². The van der Waals surface area contributed by atoms with E-state index in [0.29, 0.717) is 0 Å². The Bertz CT molecular complexity index is 1130. The number of hydrogen-bond acceptors (Lipinski definition) is 6. The average molecular weight is 415 g/mol. The number of nitrogens with one attached hydrogen (secondary N) is 1. The lowest BCUT2D eigenvalue weighted by Crippen LogP contribution is -2.36. The molecule has 1 aliphatic heterocycles. The first-order chi connectivity index (χ1) is 14.8. The van der Waals surface area contributed by atoms with Gasteiger partial charge in [-0.2, -0.15) is 0 Å².